The van der Waals surface area contributed by atoms with Gasteiger partial charge in [-0.1, -0.05) is 12.1 Å². The maximum atomic E-state index is 12.8. The molecule has 2 rings (SSSR count). The van der Waals surface area contributed by atoms with Crippen LogP contribution in [-0.4, -0.2) is 27.3 Å². The number of rotatable bonds is 4. The molecule has 6 heteroatoms. The van der Waals surface area contributed by atoms with Crippen molar-refractivity contribution in [3.05, 3.63) is 47.3 Å². The van der Waals surface area contributed by atoms with Crippen molar-refractivity contribution in [2.45, 2.75) is 20.4 Å². The fourth-order valence-electron chi connectivity index (χ4n) is 1.69. The number of nitrogens with zero attached hydrogens (tertiary/aromatic N) is 3. The average molecular weight is 263 g/mol. The monoisotopic (exact) mass is 263 g/mol. The number of benzene rings is 1. The van der Waals surface area contributed by atoms with Gasteiger partial charge in [0.05, 0.1) is 13.2 Å². The standard InChI is InChI=1S/C13H14FN3O2/c1-3-19-13(18)12-16-15-9(2)17(12)8-10-4-6-11(14)7-5-10/h4-7H,3,8H2,1-2H3. The van der Waals surface area contributed by atoms with Gasteiger partial charge in [0.15, 0.2) is 0 Å². The molecule has 5 nitrogen and oxygen atoms in total. The molecule has 0 unspecified atom stereocenters. The second kappa shape index (κ2) is 5.60. The molecule has 0 bridgehead atoms. The second-order valence-electron chi connectivity index (χ2n) is 4.00. The third kappa shape index (κ3) is 2.96. The normalized spacial score (nSPS) is 10.5. The van der Waals surface area contributed by atoms with E-state index in [1.807, 2.05) is 0 Å². The Balaban J connectivity index is 2.26. The summed E-state index contributed by atoms with van der Waals surface area (Å²) in [6.45, 7) is 4.15. The van der Waals surface area contributed by atoms with Crippen LogP contribution in [0.4, 0.5) is 4.39 Å². The maximum absolute atomic E-state index is 12.8. The number of aryl methyl sites for hydroxylation is 1. The summed E-state index contributed by atoms with van der Waals surface area (Å²) in [7, 11) is 0. The SMILES string of the molecule is CCOC(=O)c1nnc(C)n1Cc1ccc(F)cc1. The Bertz CT molecular complexity index is 578. The van der Waals surface area contributed by atoms with Crippen molar-refractivity contribution in [2.24, 2.45) is 0 Å². The van der Waals surface area contributed by atoms with Gasteiger partial charge in [-0.3, -0.25) is 0 Å². The van der Waals surface area contributed by atoms with Crippen LogP contribution in [-0.2, 0) is 11.3 Å². The lowest BCUT2D eigenvalue weighted by Gasteiger charge is -2.08. The molecule has 0 saturated carbocycles. The van der Waals surface area contributed by atoms with Crippen LogP contribution in [0, 0.1) is 12.7 Å². The van der Waals surface area contributed by atoms with Crippen molar-refractivity contribution in [1.82, 2.24) is 14.8 Å². The molecule has 0 N–H and O–H groups in total. The van der Waals surface area contributed by atoms with Gasteiger partial charge in [0.25, 0.3) is 0 Å². The summed E-state index contributed by atoms with van der Waals surface area (Å²) in [6, 6.07) is 6.06. The van der Waals surface area contributed by atoms with Gasteiger partial charge in [-0.15, -0.1) is 10.2 Å². The van der Waals surface area contributed by atoms with E-state index in [1.165, 1.54) is 12.1 Å². The molecule has 0 amide bonds. The zero-order chi connectivity index (χ0) is 13.8. The number of aromatic nitrogens is 3. The molecule has 1 heterocycles. The minimum absolute atomic E-state index is 0.156. The maximum Gasteiger partial charge on any atom is 0.376 e. The summed E-state index contributed by atoms with van der Waals surface area (Å²) in [5.74, 6) is -0.0453. The Morgan fingerprint density at radius 3 is 2.63 bits per heavy atom. The predicted molar refractivity (Wildman–Crippen MR) is 66.2 cm³/mol. The Kier molecular flexibility index (Phi) is 3.89. The molecule has 0 saturated heterocycles. The molecule has 19 heavy (non-hydrogen) atoms. The Morgan fingerprint density at radius 1 is 1.32 bits per heavy atom. The first kappa shape index (κ1) is 13.2. The minimum Gasteiger partial charge on any atom is -0.460 e. The summed E-state index contributed by atoms with van der Waals surface area (Å²) in [5.41, 5.74) is 0.856. The van der Waals surface area contributed by atoms with E-state index in [0.717, 1.165) is 5.56 Å². The molecule has 0 aliphatic rings. The molecule has 2 aromatic rings. The number of esters is 1. The first-order valence-corrected chi connectivity index (χ1v) is 5.93. The second-order valence-corrected chi connectivity index (χ2v) is 4.00. The van der Waals surface area contributed by atoms with Gasteiger partial charge in [0.2, 0.25) is 5.82 Å². The smallest absolute Gasteiger partial charge is 0.376 e. The molecule has 0 spiro atoms. The minimum atomic E-state index is -0.509. The fourth-order valence-corrected chi connectivity index (χ4v) is 1.69. The molecule has 0 atom stereocenters. The van der Waals surface area contributed by atoms with E-state index in [4.69, 9.17) is 4.74 Å². The van der Waals surface area contributed by atoms with E-state index < -0.39 is 5.97 Å². The number of carbonyl (C=O) groups is 1. The van der Waals surface area contributed by atoms with Gasteiger partial charge in [0.1, 0.15) is 11.6 Å². The topological polar surface area (TPSA) is 57.0 Å². The largest absolute Gasteiger partial charge is 0.460 e. The lowest BCUT2D eigenvalue weighted by atomic mass is 10.2. The van der Waals surface area contributed by atoms with Gasteiger partial charge in [-0.2, -0.15) is 0 Å². The van der Waals surface area contributed by atoms with E-state index in [1.54, 1.807) is 30.5 Å². The third-order valence-electron chi connectivity index (χ3n) is 2.65. The van der Waals surface area contributed by atoms with Crippen LogP contribution in [0.1, 0.15) is 28.9 Å². The van der Waals surface area contributed by atoms with E-state index in [0.29, 0.717) is 12.4 Å². The van der Waals surface area contributed by atoms with E-state index in [-0.39, 0.29) is 18.2 Å². The summed E-state index contributed by atoms with van der Waals surface area (Å²) in [4.78, 5) is 11.7. The van der Waals surface area contributed by atoms with Crippen molar-refractivity contribution in [3.8, 4) is 0 Å². The van der Waals surface area contributed by atoms with Crippen LogP contribution < -0.4 is 0 Å². The van der Waals surface area contributed by atoms with Crippen LogP contribution in [0.5, 0.6) is 0 Å². The molecule has 100 valence electrons. The zero-order valence-corrected chi connectivity index (χ0v) is 10.8. The van der Waals surface area contributed by atoms with Crippen LogP contribution >= 0.6 is 0 Å². The summed E-state index contributed by atoms with van der Waals surface area (Å²) in [5, 5.41) is 7.68. The van der Waals surface area contributed by atoms with Gasteiger partial charge in [-0.05, 0) is 31.5 Å². The molecular formula is C13H14FN3O2. The lowest BCUT2D eigenvalue weighted by Crippen LogP contribution is -2.15. The number of hydrogen-bond acceptors (Lipinski definition) is 4. The average Bonchev–Trinajstić information content (AvgIpc) is 2.74. The molecule has 0 aliphatic carbocycles. The summed E-state index contributed by atoms with van der Waals surface area (Å²) >= 11 is 0. The van der Waals surface area contributed by atoms with Crippen molar-refractivity contribution in [2.75, 3.05) is 6.61 Å². The fraction of sp³-hybridized carbons (Fsp3) is 0.308. The molecule has 0 fully saturated rings. The highest BCUT2D eigenvalue weighted by molar-refractivity contribution is 5.85. The van der Waals surface area contributed by atoms with Gasteiger partial charge in [0, 0.05) is 0 Å². The number of ether oxygens (including phenoxy) is 1. The van der Waals surface area contributed by atoms with Crippen molar-refractivity contribution >= 4 is 5.97 Å². The lowest BCUT2D eigenvalue weighted by molar-refractivity contribution is 0.0506. The Labute approximate surface area is 110 Å². The van der Waals surface area contributed by atoms with Gasteiger partial charge >= 0.3 is 5.97 Å². The summed E-state index contributed by atoms with van der Waals surface area (Å²) in [6.07, 6.45) is 0. The first-order chi connectivity index (χ1) is 9.11. The van der Waals surface area contributed by atoms with E-state index in [9.17, 15) is 9.18 Å². The number of halogens is 1. The van der Waals surface area contributed by atoms with Crippen molar-refractivity contribution in [1.29, 1.82) is 0 Å². The van der Waals surface area contributed by atoms with Crippen molar-refractivity contribution in [3.63, 3.8) is 0 Å². The quantitative estimate of drug-likeness (QED) is 0.791. The zero-order valence-electron chi connectivity index (χ0n) is 10.8. The molecular weight excluding hydrogens is 249 g/mol. The van der Waals surface area contributed by atoms with Crippen LogP contribution in [0.3, 0.4) is 0 Å². The first-order valence-electron chi connectivity index (χ1n) is 5.93. The Hall–Kier alpha value is -2.24. The number of carbonyl (C=O) groups excluding carboxylic acids is 1. The van der Waals surface area contributed by atoms with Gasteiger partial charge in [-0.25, -0.2) is 9.18 Å². The molecule has 0 radical (unpaired) electrons. The molecule has 0 aliphatic heterocycles. The van der Waals surface area contributed by atoms with Gasteiger partial charge < -0.3 is 9.30 Å². The van der Waals surface area contributed by atoms with Crippen molar-refractivity contribution < 1.29 is 13.9 Å². The van der Waals surface area contributed by atoms with E-state index >= 15 is 0 Å². The predicted octanol–water partition coefficient (Wildman–Crippen LogP) is 1.95. The summed E-state index contributed by atoms with van der Waals surface area (Å²) < 4.78 is 19.4. The third-order valence-corrected chi connectivity index (χ3v) is 2.65. The number of hydrogen-bond donors (Lipinski definition) is 0. The van der Waals surface area contributed by atoms with Crippen LogP contribution in [0.2, 0.25) is 0 Å². The Morgan fingerprint density at radius 2 is 2.00 bits per heavy atom. The highest BCUT2D eigenvalue weighted by atomic mass is 19.1. The highest BCUT2D eigenvalue weighted by Crippen LogP contribution is 2.10. The highest BCUT2D eigenvalue weighted by Gasteiger charge is 2.17. The van der Waals surface area contributed by atoms with Crippen LogP contribution in [0.15, 0.2) is 24.3 Å². The molecule has 1 aromatic carbocycles. The van der Waals surface area contributed by atoms with Crippen LogP contribution in [0.25, 0.3) is 0 Å². The molecule has 1 aromatic heterocycles. The van der Waals surface area contributed by atoms with E-state index in [2.05, 4.69) is 10.2 Å².